The Balaban J connectivity index is 1.87. The van der Waals surface area contributed by atoms with E-state index in [4.69, 9.17) is 0 Å². The number of anilines is 1. The van der Waals surface area contributed by atoms with Gasteiger partial charge < -0.3 is 10.2 Å². The van der Waals surface area contributed by atoms with E-state index in [-0.39, 0.29) is 0 Å². The van der Waals surface area contributed by atoms with E-state index in [2.05, 4.69) is 59.6 Å². The molecule has 110 valence electrons. The second-order valence-electron chi connectivity index (χ2n) is 5.96. The van der Waals surface area contributed by atoms with Crippen LogP contribution in [0.2, 0.25) is 0 Å². The van der Waals surface area contributed by atoms with Crippen LogP contribution < -0.4 is 10.2 Å². The fourth-order valence-corrected chi connectivity index (χ4v) is 3.25. The van der Waals surface area contributed by atoms with Crippen molar-refractivity contribution >= 4 is 5.69 Å². The van der Waals surface area contributed by atoms with Gasteiger partial charge in [-0.15, -0.1) is 0 Å². The van der Waals surface area contributed by atoms with E-state index in [1.165, 1.54) is 40.8 Å². The summed E-state index contributed by atoms with van der Waals surface area (Å²) in [6.07, 6.45) is 2.47. The summed E-state index contributed by atoms with van der Waals surface area (Å²) in [5.74, 6) is 0. The van der Waals surface area contributed by atoms with Gasteiger partial charge in [-0.2, -0.15) is 0 Å². The number of nitrogens with one attached hydrogen (secondary N) is 1. The third-order valence-electron chi connectivity index (χ3n) is 4.30. The van der Waals surface area contributed by atoms with Gasteiger partial charge in [0.25, 0.3) is 0 Å². The molecule has 0 spiro atoms. The molecule has 1 aliphatic rings. The summed E-state index contributed by atoms with van der Waals surface area (Å²) >= 11 is 0. The molecule has 0 atom stereocenters. The molecule has 0 amide bonds. The molecule has 2 heteroatoms. The van der Waals surface area contributed by atoms with Gasteiger partial charge in [0.05, 0.1) is 0 Å². The molecule has 0 radical (unpaired) electrons. The molecule has 2 nitrogen and oxygen atoms in total. The van der Waals surface area contributed by atoms with E-state index in [0.29, 0.717) is 0 Å². The summed E-state index contributed by atoms with van der Waals surface area (Å²) in [6.45, 7) is 5.28. The molecule has 21 heavy (non-hydrogen) atoms. The van der Waals surface area contributed by atoms with Gasteiger partial charge in [-0.25, -0.2) is 0 Å². The molecule has 1 aliphatic heterocycles. The Morgan fingerprint density at radius 2 is 1.90 bits per heavy atom. The Morgan fingerprint density at radius 3 is 2.71 bits per heavy atom. The molecule has 0 saturated carbocycles. The predicted octanol–water partition coefficient (Wildman–Crippen LogP) is 3.67. The van der Waals surface area contributed by atoms with Crippen molar-refractivity contribution in [1.29, 1.82) is 0 Å². The molecule has 2 aromatic carbocycles. The normalized spacial score (nSPS) is 14.1. The lowest BCUT2D eigenvalue weighted by atomic mass is 9.98. The number of fused-ring (bicyclic) bond motifs is 1. The number of benzene rings is 2. The van der Waals surface area contributed by atoms with Crippen molar-refractivity contribution in [2.75, 3.05) is 18.5 Å². The zero-order valence-corrected chi connectivity index (χ0v) is 13.0. The first-order chi connectivity index (χ1) is 10.3. The molecule has 1 heterocycles. The minimum absolute atomic E-state index is 0.935. The fourth-order valence-electron chi connectivity index (χ4n) is 3.25. The number of hydrogen-bond acceptors (Lipinski definition) is 2. The third-order valence-corrected chi connectivity index (χ3v) is 4.30. The highest BCUT2D eigenvalue weighted by atomic mass is 15.1. The first kappa shape index (κ1) is 14.2. The van der Waals surface area contributed by atoms with E-state index >= 15 is 0 Å². The Bertz CT molecular complexity index is 619. The first-order valence-electron chi connectivity index (χ1n) is 7.84. The quantitative estimate of drug-likeness (QED) is 0.919. The topological polar surface area (TPSA) is 15.3 Å². The van der Waals surface area contributed by atoms with Gasteiger partial charge >= 0.3 is 0 Å². The van der Waals surface area contributed by atoms with Crippen molar-refractivity contribution in [2.24, 2.45) is 0 Å². The molecular weight excluding hydrogens is 256 g/mol. The lowest BCUT2D eigenvalue weighted by Gasteiger charge is -2.32. The Morgan fingerprint density at radius 1 is 1.10 bits per heavy atom. The summed E-state index contributed by atoms with van der Waals surface area (Å²) in [5, 5.41) is 3.27. The van der Waals surface area contributed by atoms with Crippen LogP contribution in [0.5, 0.6) is 0 Å². The lowest BCUT2D eigenvalue weighted by Crippen LogP contribution is -2.29. The molecule has 3 rings (SSSR count). The van der Waals surface area contributed by atoms with Gasteiger partial charge in [-0.1, -0.05) is 42.0 Å². The van der Waals surface area contributed by atoms with Gasteiger partial charge in [-0.3, -0.25) is 0 Å². The molecule has 0 fully saturated rings. The van der Waals surface area contributed by atoms with Gasteiger partial charge in [-0.05, 0) is 49.6 Å². The van der Waals surface area contributed by atoms with Crippen molar-refractivity contribution in [2.45, 2.75) is 32.9 Å². The molecule has 0 bridgehead atoms. The minimum Gasteiger partial charge on any atom is -0.367 e. The van der Waals surface area contributed by atoms with Crippen LogP contribution in [0.25, 0.3) is 0 Å². The van der Waals surface area contributed by atoms with Gasteiger partial charge in [0.1, 0.15) is 0 Å². The fraction of sp³-hybridized carbons (Fsp3) is 0.368. The summed E-state index contributed by atoms with van der Waals surface area (Å²) in [5.41, 5.74) is 7.13. The number of rotatable bonds is 4. The monoisotopic (exact) mass is 280 g/mol. The van der Waals surface area contributed by atoms with Crippen LogP contribution in [0.1, 0.15) is 28.7 Å². The minimum atomic E-state index is 0.935. The Labute approximate surface area is 127 Å². The van der Waals surface area contributed by atoms with Crippen molar-refractivity contribution in [3.63, 3.8) is 0 Å². The van der Waals surface area contributed by atoms with E-state index in [9.17, 15) is 0 Å². The average molecular weight is 280 g/mol. The standard InChI is InChI=1S/C19H24N2/c1-15-9-10-19-16(12-15)8-5-11-21(19)14-18-7-4-3-6-17(18)13-20-2/h3-4,6-7,9-10,12,20H,5,8,11,13-14H2,1-2H3. The van der Waals surface area contributed by atoms with Crippen molar-refractivity contribution < 1.29 is 0 Å². The van der Waals surface area contributed by atoms with Crippen LogP contribution in [0.15, 0.2) is 42.5 Å². The second kappa shape index (κ2) is 6.31. The van der Waals surface area contributed by atoms with Crippen LogP contribution in [-0.2, 0) is 19.5 Å². The SMILES string of the molecule is CNCc1ccccc1CN1CCCc2cc(C)ccc21. The zero-order chi connectivity index (χ0) is 14.7. The van der Waals surface area contributed by atoms with E-state index in [1.807, 2.05) is 7.05 Å². The third kappa shape index (κ3) is 3.11. The van der Waals surface area contributed by atoms with Crippen LogP contribution in [-0.4, -0.2) is 13.6 Å². The number of nitrogens with zero attached hydrogens (tertiary/aromatic N) is 1. The molecule has 0 aromatic heterocycles. The van der Waals surface area contributed by atoms with Crippen LogP contribution >= 0.6 is 0 Å². The van der Waals surface area contributed by atoms with Crippen molar-refractivity contribution in [1.82, 2.24) is 5.32 Å². The summed E-state index contributed by atoms with van der Waals surface area (Å²) < 4.78 is 0. The highest BCUT2D eigenvalue weighted by molar-refractivity contribution is 5.57. The maximum atomic E-state index is 3.27. The van der Waals surface area contributed by atoms with Crippen molar-refractivity contribution in [3.8, 4) is 0 Å². The molecule has 1 N–H and O–H groups in total. The average Bonchev–Trinajstić information content (AvgIpc) is 2.49. The van der Waals surface area contributed by atoms with Crippen LogP contribution in [0.3, 0.4) is 0 Å². The predicted molar refractivity (Wildman–Crippen MR) is 89.8 cm³/mol. The Hall–Kier alpha value is -1.80. The second-order valence-corrected chi connectivity index (χ2v) is 5.96. The van der Waals surface area contributed by atoms with E-state index in [1.54, 1.807) is 0 Å². The first-order valence-corrected chi connectivity index (χ1v) is 7.84. The van der Waals surface area contributed by atoms with Gasteiger partial charge in [0, 0.05) is 25.3 Å². The maximum Gasteiger partial charge on any atom is 0.0432 e. The molecule has 0 saturated heterocycles. The zero-order valence-electron chi connectivity index (χ0n) is 13.0. The maximum absolute atomic E-state index is 3.27. The highest BCUT2D eigenvalue weighted by Crippen LogP contribution is 2.29. The molecule has 2 aromatic rings. The van der Waals surface area contributed by atoms with Crippen LogP contribution in [0.4, 0.5) is 5.69 Å². The summed E-state index contributed by atoms with van der Waals surface area (Å²) in [6, 6.07) is 15.6. The highest BCUT2D eigenvalue weighted by Gasteiger charge is 2.17. The molecular formula is C19H24N2. The molecule has 0 aliphatic carbocycles. The van der Waals surface area contributed by atoms with Crippen molar-refractivity contribution in [3.05, 3.63) is 64.7 Å². The van der Waals surface area contributed by atoms with Gasteiger partial charge in [0.2, 0.25) is 0 Å². The Kier molecular flexibility index (Phi) is 4.26. The largest absolute Gasteiger partial charge is 0.367 e. The van der Waals surface area contributed by atoms with E-state index in [0.717, 1.165) is 19.6 Å². The summed E-state index contributed by atoms with van der Waals surface area (Å²) in [4.78, 5) is 2.53. The van der Waals surface area contributed by atoms with Gasteiger partial charge in [0.15, 0.2) is 0 Å². The van der Waals surface area contributed by atoms with E-state index < -0.39 is 0 Å². The lowest BCUT2D eigenvalue weighted by molar-refractivity contribution is 0.684. The smallest absolute Gasteiger partial charge is 0.0432 e. The van der Waals surface area contributed by atoms with Crippen LogP contribution in [0, 0.1) is 6.92 Å². The number of aryl methyl sites for hydroxylation is 2. The molecule has 0 unspecified atom stereocenters. The number of hydrogen-bond donors (Lipinski definition) is 1. The summed E-state index contributed by atoms with van der Waals surface area (Å²) in [7, 11) is 2.01.